The van der Waals surface area contributed by atoms with Crippen LogP contribution >= 0.6 is 0 Å². The van der Waals surface area contributed by atoms with Gasteiger partial charge in [0.25, 0.3) is 0 Å². The second-order valence-electron chi connectivity index (χ2n) is 4.33. The molecule has 0 bridgehead atoms. The molecule has 1 atom stereocenters. The van der Waals surface area contributed by atoms with E-state index in [-0.39, 0.29) is 5.92 Å². The summed E-state index contributed by atoms with van der Waals surface area (Å²) >= 11 is 0. The predicted octanol–water partition coefficient (Wildman–Crippen LogP) is 1.24. The maximum atomic E-state index is 11.4. The minimum Gasteiger partial charge on any atom is -0.458 e. The van der Waals surface area contributed by atoms with Crippen LogP contribution < -0.4 is 5.90 Å². The first-order chi connectivity index (χ1) is 5.78. The Morgan fingerprint density at radius 3 is 2.00 bits per heavy atom. The largest absolute Gasteiger partial charge is 0.458 e. The van der Waals surface area contributed by atoms with Crippen LogP contribution in [-0.2, 0) is 14.4 Å². The maximum Gasteiger partial charge on any atom is 0.338 e. The second kappa shape index (κ2) is 4.58. The van der Waals surface area contributed by atoms with E-state index in [1.807, 2.05) is 13.8 Å². The Morgan fingerprint density at radius 2 is 1.77 bits per heavy atom. The standard InChI is InChI=1S/C9H19NO3/c1-6(2)7(13-10)8(11)12-9(3,4)5/h6-7H,10H2,1-5H3/t7-/m1/s1. The maximum absolute atomic E-state index is 11.4. The summed E-state index contributed by atoms with van der Waals surface area (Å²) in [5.74, 6) is 4.59. The van der Waals surface area contributed by atoms with Crippen molar-refractivity contribution < 1.29 is 14.4 Å². The molecule has 0 aromatic rings. The van der Waals surface area contributed by atoms with Gasteiger partial charge >= 0.3 is 5.97 Å². The highest BCUT2D eigenvalue weighted by Crippen LogP contribution is 2.13. The molecule has 0 unspecified atom stereocenters. The summed E-state index contributed by atoms with van der Waals surface area (Å²) in [6.45, 7) is 9.11. The molecule has 0 spiro atoms. The fourth-order valence-corrected chi connectivity index (χ4v) is 0.845. The summed E-state index contributed by atoms with van der Waals surface area (Å²) in [7, 11) is 0. The Balaban J connectivity index is 4.23. The SMILES string of the molecule is CC(C)[C@@H](ON)C(=O)OC(C)(C)C. The van der Waals surface area contributed by atoms with Crippen molar-refractivity contribution in [2.24, 2.45) is 11.8 Å². The van der Waals surface area contributed by atoms with Gasteiger partial charge in [0.1, 0.15) is 5.60 Å². The average molecular weight is 189 g/mol. The van der Waals surface area contributed by atoms with Crippen molar-refractivity contribution in [2.45, 2.75) is 46.3 Å². The number of carbonyl (C=O) groups excluding carboxylic acids is 1. The van der Waals surface area contributed by atoms with Gasteiger partial charge in [-0.15, -0.1) is 0 Å². The Hall–Kier alpha value is -0.610. The van der Waals surface area contributed by atoms with Gasteiger partial charge in [0.05, 0.1) is 0 Å². The molecule has 4 nitrogen and oxygen atoms in total. The Kier molecular flexibility index (Phi) is 4.36. The minimum absolute atomic E-state index is 0.0137. The Labute approximate surface area is 79.3 Å². The zero-order valence-electron chi connectivity index (χ0n) is 8.96. The summed E-state index contributed by atoms with van der Waals surface area (Å²) in [6, 6.07) is 0. The number of nitrogens with two attached hydrogens (primary N) is 1. The topological polar surface area (TPSA) is 61.5 Å². The van der Waals surface area contributed by atoms with E-state index in [4.69, 9.17) is 10.6 Å². The monoisotopic (exact) mass is 189 g/mol. The summed E-state index contributed by atoms with van der Waals surface area (Å²) in [5.41, 5.74) is -0.497. The predicted molar refractivity (Wildman–Crippen MR) is 49.7 cm³/mol. The van der Waals surface area contributed by atoms with Crippen molar-refractivity contribution in [2.75, 3.05) is 0 Å². The zero-order valence-corrected chi connectivity index (χ0v) is 8.96. The fourth-order valence-electron chi connectivity index (χ4n) is 0.845. The molecule has 13 heavy (non-hydrogen) atoms. The van der Waals surface area contributed by atoms with E-state index in [1.165, 1.54) is 0 Å². The number of hydrogen-bond donors (Lipinski definition) is 1. The van der Waals surface area contributed by atoms with Gasteiger partial charge in [-0.1, -0.05) is 13.8 Å². The van der Waals surface area contributed by atoms with E-state index in [9.17, 15) is 4.79 Å². The summed E-state index contributed by atoms with van der Waals surface area (Å²) < 4.78 is 5.11. The number of ether oxygens (including phenoxy) is 1. The van der Waals surface area contributed by atoms with E-state index in [1.54, 1.807) is 20.8 Å². The van der Waals surface area contributed by atoms with Crippen LogP contribution in [0, 0.1) is 5.92 Å². The summed E-state index contributed by atoms with van der Waals surface area (Å²) in [5, 5.41) is 0. The van der Waals surface area contributed by atoms with Crippen LogP contribution in [0.25, 0.3) is 0 Å². The van der Waals surface area contributed by atoms with E-state index in [0.717, 1.165) is 0 Å². The van der Waals surface area contributed by atoms with Crippen molar-refractivity contribution in [1.82, 2.24) is 0 Å². The first-order valence-electron chi connectivity index (χ1n) is 4.36. The van der Waals surface area contributed by atoms with Crippen LogP contribution in [-0.4, -0.2) is 17.7 Å². The quantitative estimate of drug-likeness (QED) is 0.536. The molecule has 0 radical (unpaired) electrons. The van der Waals surface area contributed by atoms with E-state index in [2.05, 4.69) is 4.84 Å². The van der Waals surface area contributed by atoms with Gasteiger partial charge in [0.2, 0.25) is 0 Å². The molecule has 0 saturated carbocycles. The molecule has 0 aliphatic carbocycles. The highest BCUT2D eigenvalue weighted by molar-refractivity contribution is 5.75. The van der Waals surface area contributed by atoms with Crippen molar-refractivity contribution >= 4 is 5.97 Å². The third-order valence-electron chi connectivity index (χ3n) is 1.39. The van der Waals surface area contributed by atoms with E-state index >= 15 is 0 Å². The third-order valence-corrected chi connectivity index (χ3v) is 1.39. The molecule has 0 aromatic carbocycles. The van der Waals surface area contributed by atoms with Gasteiger partial charge in [0.15, 0.2) is 6.10 Å². The van der Waals surface area contributed by atoms with Crippen LogP contribution in [0.5, 0.6) is 0 Å². The highest BCUT2D eigenvalue weighted by atomic mass is 16.7. The molecular weight excluding hydrogens is 170 g/mol. The molecule has 0 heterocycles. The molecule has 78 valence electrons. The molecule has 0 aliphatic heterocycles. The van der Waals surface area contributed by atoms with E-state index < -0.39 is 17.7 Å². The van der Waals surface area contributed by atoms with Crippen LogP contribution in [0.3, 0.4) is 0 Å². The first-order valence-corrected chi connectivity index (χ1v) is 4.36. The first kappa shape index (κ1) is 12.4. The van der Waals surface area contributed by atoms with Gasteiger partial charge in [-0.3, -0.25) is 4.84 Å². The molecule has 2 N–H and O–H groups in total. The van der Waals surface area contributed by atoms with Crippen LogP contribution in [0.15, 0.2) is 0 Å². The third kappa shape index (κ3) is 4.85. The lowest BCUT2D eigenvalue weighted by atomic mass is 10.1. The van der Waals surface area contributed by atoms with Crippen molar-refractivity contribution in [3.05, 3.63) is 0 Å². The van der Waals surface area contributed by atoms with Gasteiger partial charge in [-0.2, -0.15) is 0 Å². The second-order valence-corrected chi connectivity index (χ2v) is 4.33. The zero-order chi connectivity index (χ0) is 10.6. The highest BCUT2D eigenvalue weighted by Gasteiger charge is 2.27. The molecule has 0 aromatic heterocycles. The van der Waals surface area contributed by atoms with Crippen LogP contribution in [0.4, 0.5) is 0 Å². The van der Waals surface area contributed by atoms with Crippen molar-refractivity contribution in [1.29, 1.82) is 0 Å². The Bertz CT molecular complexity index is 172. The molecule has 0 saturated heterocycles. The number of hydrogen-bond acceptors (Lipinski definition) is 4. The fraction of sp³-hybridized carbons (Fsp3) is 0.889. The lowest BCUT2D eigenvalue weighted by Gasteiger charge is -2.24. The summed E-state index contributed by atoms with van der Waals surface area (Å²) in [4.78, 5) is 15.9. The normalized spacial score (nSPS) is 14.4. The lowest BCUT2D eigenvalue weighted by Crippen LogP contribution is -2.38. The average Bonchev–Trinajstić information content (AvgIpc) is 1.82. The minimum atomic E-state index is -0.681. The van der Waals surface area contributed by atoms with E-state index in [0.29, 0.717) is 0 Å². The lowest BCUT2D eigenvalue weighted by molar-refractivity contribution is -0.172. The summed E-state index contributed by atoms with van der Waals surface area (Å²) in [6.07, 6.45) is -0.681. The van der Waals surface area contributed by atoms with Crippen LogP contribution in [0.2, 0.25) is 0 Å². The van der Waals surface area contributed by atoms with Gasteiger partial charge in [-0.25, -0.2) is 10.7 Å². The van der Waals surface area contributed by atoms with Gasteiger partial charge in [-0.05, 0) is 26.7 Å². The van der Waals surface area contributed by atoms with Crippen molar-refractivity contribution in [3.8, 4) is 0 Å². The van der Waals surface area contributed by atoms with Crippen molar-refractivity contribution in [3.63, 3.8) is 0 Å². The molecule has 0 aliphatic rings. The number of rotatable bonds is 3. The smallest absolute Gasteiger partial charge is 0.338 e. The molecule has 4 heteroatoms. The molecule has 0 fully saturated rings. The number of esters is 1. The molecule has 0 rings (SSSR count). The van der Waals surface area contributed by atoms with Gasteiger partial charge in [0, 0.05) is 0 Å². The number of carbonyl (C=O) groups is 1. The molecular formula is C9H19NO3. The Morgan fingerprint density at radius 1 is 1.31 bits per heavy atom. The molecule has 0 amide bonds. The van der Waals surface area contributed by atoms with Crippen LogP contribution in [0.1, 0.15) is 34.6 Å². The van der Waals surface area contributed by atoms with Gasteiger partial charge < -0.3 is 4.74 Å².